The van der Waals surface area contributed by atoms with Crippen LogP contribution in [0.2, 0.25) is 0 Å². The van der Waals surface area contributed by atoms with Crippen molar-refractivity contribution in [1.29, 1.82) is 0 Å². The van der Waals surface area contributed by atoms with E-state index < -0.39 is 10.0 Å². The SMILES string of the molecule is CC1(C)CN(S(=O)(=O)c2ccccc2O)CCS1. The molecule has 1 aliphatic rings. The summed E-state index contributed by atoms with van der Waals surface area (Å²) < 4.78 is 26.3. The highest BCUT2D eigenvalue weighted by Crippen LogP contribution is 2.34. The average Bonchev–Trinajstić information content (AvgIpc) is 2.28. The number of benzene rings is 1. The lowest BCUT2D eigenvalue weighted by Gasteiger charge is -2.36. The van der Waals surface area contributed by atoms with Crippen LogP contribution in [0.15, 0.2) is 29.2 Å². The largest absolute Gasteiger partial charge is 0.507 e. The van der Waals surface area contributed by atoms with Gasteiger partial charge in [0.1, 0.15) is 10.6 Å². The van der Waals surface area contributed by atoms with E-state index in [4.69, 9.17) is 0 Å². The van der Waals surface area contributed by atoms with E-state index in [1.54, 1.807) is 23.9 Å². The number of phenolic OH excluding ortho intramolecular Hbond substituents is 1. The minimum Gasteiger partial charge on any atom is -0.507 e. The molecule has 2 rings (SSSR count). The highest BCUT2D eigenvalue weighted by atomic mass is 32.2. The molecule has 18 heavy (non-hydrogen) atoms. The van der Waals surface area contributed by atoms with E-state index in [0.717, 1.165) is 5.75 Å². The molecule has 0 atom stereocenters. The fraction of sp³-hybridized carbons (Fsp3) is 0.500. The second kappa shape index (κ2) is 4.75. The molecule has 1 aromatic carbocycles. The first-order valence-electron chi connectivity index (χ1n) is 5.75. The molecule has 1 aliphatic heterocycles. The molecule has 1 N–H and O–H groups in total. The molecule has 6 heteroatoms. The van der Waals surface area contributed by atoms with Crippen LogP contribution in [0.5, 0.6) is 5.75 Å². The molecule has 0 saturated carbocycles. The summed E-state index contributed by atoms with van der Waals surface area (Å²) in [7, 11) is -3.59. The zero-order chi connectivity index (χ0) is 13.4. The molecule has 1 fully saturated rings. The van der Waals surface area contributed by atoms with Gasteiger partial charge in [0.15, 0.2) is 0 Å². The Morgan fingerprint density at radius 2 is 2.00 bits per heavy atom. The van der Waals surface area contributed by atoms with Gasteiger partial charge in [-0.2, -0.15) is 16.1 Å². The molecule has 0 aliphatic carbocycles. The maximum absolute atomic E-state index is 12.5. The first-order chi connectivity index (χ1) is 8.33. The summed E-state index contributed by atoms with van der Waals surface area (Å²) in [6, 6.07) is 6.08. The van der Waals surface area contributed by atoms with Crippen molar-refractivity contribution in [1.82, 2.24) is 4.31 Å². The first kappa shape index (κ1) is 13.7. The van der Waals surface area contributed by atoms with Crippen molar-refractivity contribution in [3.8, 4) is 5.75 Å². The molecule has 0 bridgehead atoms. The summed E-state index contributed by atoms with van der Waals surface area (Å²) >= 11 is 1.77. The Kier molecular flexibility index (Phi) is 3.62. The van der Waals surface area contributed by atoms with E-state index in [1.165, 1.54) is 16.4 Å². The van der Waals surface area contributed by atoms with E-state index in [0.29, 0.717) is 13.1 Å². The van der Waals surface area contributed by atoms with Crippen LogP contribution in [0.1, 0.15) is 13.8 Å². The molecule has 1 aromatic rings. The topological polar surface area (TPSA) is 57.6 Å². The zero-order valence-corrected chi connectivity index (χ0v) is 12.1. The van der Waals surface area contributed by atoms with Gasteiger partial charge in [0.2, 0.25) is 10.0 Å². The van der Waals surface area contributed by atoms with Gasteiger partial charge >= 0.3 is 0 Å². The predicted octanol–water partition coefficient (Wildman–Crippen LogP) is 1.91. The molecule has 1 heterocycles. The van der Waals surface area contributed by atoms with E-state index >= 15 is 0 Å². The van der Waals surface area contributed by atoms with Crippen molar-refractivity contribution in [3.05, 3.63) is 24.3 Å². The molecule has 1 saturated heterocycles. The minimum absolute atomic E-state index is 0.00676. The quantitative estimate of drug-likeness (QED) is 0.902. The number of sulfonamides is 1. The monoisotopic (exact) mass is 287 g/mol. The molecular formula is C12H17NO3S2. The van der Waals surface area contributed by atoms with Crippen LogP contribution >= 0.6 is 11.8 Å². The highest BCUT2D eigenvalue weighted by molar-refractivity contribution is 8.00. The second-order valence-corrected chi connectivity index (χ2v) is 8.62. The van der Waals surface area contributed by atoms with Crippen molar-refractivity contribution in [2.45, 2.75) is 23.5 Å². The van der Waals surface area contributed by atoms with Gasteiger partial charge in [-0.3, -0.25) is 0 Å². The summed E-state index contributed by atoms with van der Waals surface area (Å²) in [5.41, 5.74) is 0. The van der Waals surface area contributed by atoms with Crippen molar-refractivity contribution < 1.29 is 13.5 Å². The Bertz CT molecular complexity index is 540. The fourth-order valence-electron chi connectivity index (χ4n) is 1.99. The summed E-state index contributed by atoms with van der Waals surface area (Å²) in [5.74, 6) is 0.591. The third kappa shape index (κ3) is 2.65. The highest BCUT2D eigenvalue weighted by Gasteiger charge is 2.35. The lowest BCUT2D eigenvalue weighted by Crippen LogP contribution is -2.46. The Hall–Kier alpha value is -0.720. The standard InChI is InChI=1S/C12H17NO3S2/c1-12(2)9-13(7-8-17-12)18(15,16)11-6-4-3-5-10(11)14/h3-6,14H,7-9H2,1-2H3. The number of rotatable bonds is 2. The van der Waals surface area contributed by atoms with Crippen molar-refractivity contribution in [2.75, 3.05) is 18.8 Å². The van der Waals surface area contributed by atoms with Crippen LogP contribution in [0.25, 0.3) is 0 Å². The zero-order valence-electron chi connectivity index (χ0n) is 10.5. The van der Waals surface area contributed by atoms with Gasteiger partial charge in [0.25, 0.3) is 0 Å². The number of nitrogens with zero attached hydrogens (tertiary/aromatic N) is 1. The number of hydrogen-bond donors (Lipinski definition) is 1. The molecule has 4 nitrogen and oxygen atoms in total. The number of hydrogen-bond acceptors (Lipinski definition) is 4. The molecule has 0 spiro atoms. The smallest absolute Gasteiger partial charge is 0.246 e. The Morgan fingerprint density at radius 3 is 2.61 bits per heavy atom. The van der Waals surface area contributed by atoms with Crippen LogP contribution in [-0.4, -0.2) is 41.4 Å². The van der Waals surface area contributed by atoms with Crippen LogP contribution in [0, 0.1) is 0 Å². The summed E-state index contributed by atoms with van der Waals surface area (Å²) in [6.45, 7) is 5.02. The van der Waals surface area contributed by atoms with Crippen molar-refractivity contribution in [2.24, 2.45) is 0 Å². The Morgan fingerprint density at radius 1 is 1.33 bits per heavy atom. The minimum atomic E-state index is -3.59. The van der Waals surface area contributed by atoms with Gasteiger partial charge in [-0.25, -0.2) is 8.42 Å². The Labute approximate surface area is 112 Å². The molecule has 100 valence electrons. The van der Waals surface area contributed by atoms with Gasteiger partial charge in [0, 0.05) is 23.6 Å². The van der Waals surface area contributed by atoms with Crippen LogP contribution in [0.4, 0.5) is 0 Å². The lowest BCUT2D eigenvalue weighted by molar-refractivity contribution is 0.383. The summed E-state index contributed by atoms with van der Waals surface area (Å²) in [5, 5.41) is 9.70. The average molecular weight is 287 g/mol. The summed E-state index contributed by atoms with van der Waals surface area (Å²) in [6.07, 6.45) is 0. The van der Waals surface area contributed by atoms with Gasteiger partial charge in [0.05, 0.1) is 0 Å². The second-order valence-electron chi connectivity index (χ2n) is 4.91. The molecule has 0 amide bonds. The fourth-order valence-corrected chi connectivity index (χ4v) is 4.99. The number of thioether (sulfide) groups is 1. The molecule has 0 radical (unpaired) electrons. The van der Waals surface area contributed by atoms with Gasteiger partial charge in [-0.05, 0) is 26.0 Å². The number of aromatic hydroxyl groups is 1. The van der Waals surface area contributed by atoms with E-state index in [-0.39, 0.29) is 15.4 Å². The molecule has 0 aromatic heterocycles. The van der Waals surface area contributed by atoms with Crippen LogP contribution in [0.3, 0.4) is 0 Å². The van der Waals surface area contributed by atoms with E-state index in [1.807, 2.05) is 13.8 Å². The Balaban J connectivity index is 2.35. The van der Waals surface area contributed by atoms with E-state index in [9.17, 15) is 13.5 Å². The third-order valence-corrected chi connectivity index (χ3v) is 6.06. The van der Waals surface area contributed by atoms with Crippen LogP contribution in [-0.2, 0) is 10.0 Å². The first-order valence-corrected chi connectivity index (χ1v) is 8.18. The lowest BCUT2D eigenvalue weighted by atomic mass is 10.2. The van der Waals surface area contributed by atoms with Crippen molar-refractivity contribution in [3.63, 3.8) is 0 Å². The van der Waals surface area contributed by atoms with E-state index in [2.05, 4.69) is 0 Å². The van der Waals surface area contributed by atoms with Gasteiger partial charge in [-0.1, -0.05) is 12.1 Å². The maximum Gasteiger partial charge on any atom is 0.246 e. The van der Waals surface area contributed by atoms with Crippen molar-refractivity contribution >= 4 is 21.8 Å². The summed E-state index contributed by atoms with van der Waals surface area (Å²) in [4.78, 5) is -0.00676. The predicted molar refractivity (Wildman–Crippen MR) is 73.4 cm³/mol. The normalized spacial score (nSPS) is 20.8. The maximum atomic E-state index is 12.5. The number of phenols is 1. The molecule has 0 unspecified atom stereocenters. The third-order valence-electron chi connectivity index (χ3n) is 2.87. The molecular weight excluding hydrogens is 270 g/mol. The van der Waals surface area contributed by atoms with Gasteiger partial charge < -0.3 is 5.11 Å². The van der Waals surface area contributed by atoms with Gasteiger partial charge in [-0.15, -0.1) is 0 Å². The number of para-hydroxylation sites is 1. The van der Waals surface area contributed by atoms with Crippen LogP contribution < -0.4 is 0 Å².